The summed E-state index contributed by atoms with van der Waals surface area (Å²) in [5.41, 5.74) is 0. The molecule has 0 aliphatic carbocycles. The molecule has 0 spiro atoms. The van der Waals surface area contributed by atoms with Crippen molar-refractivity contribution in [2.24, 2.45) is 0 Å². The molecule has 90 valence electrons. The molecule has 1 N–H and O–H groups in total. The molecule has 5 heteroatoms. The lowest BCUT2D eigenvalue weighted by molar-refractivity contribution is 0.104. The second-order valence-electron chi connectivity index (χ2n) is 4.34. The van der Waals surface area contributed by atoms with Gasteiger partial charge >= 0.3 is 0 Å². The maximum Gasteiger partial charge on any atom is 0.240 e. The first-order chi connectivity index (χ1) is 7.83. The molecule has 1 aliphatic heterocycles. The molecular weight excluding hydrogens is 204 g/mol. The minimum atomic E-state index is 0.578. The van der Waals surface area contributed by atoms with Crippen molar-refractivity contribution in [3.63, 3.8) is 0 Å². The van der Waals surface area contributed by atoms with Crippen LogP contribution < -0.4 is 5.32 Å². The lowest BCUT2D eigenvalue weighted by Crippen LogP contribution is -2.55. The third kappa shape index (κ3) is 2.59. The van der Waals surface area contributed by atoms with Gasteiger partial charge in [-0.2, -0.15) is 4.98 Å². The van der Waals surface area contributed by atoms with E-state index < -0.39 is 0 Å². The summed E-state index contributed by atoms with van der Waals surface area (Å²) in [6.07, 6.45) is 3.78. The smallest absolute Gasteiger partial charge is 0.240 e. The van der Waals surface area contributed by atoms with Gasteiger partial charge in [-0.1, -0.05) is 19.0 Å². The van der Waals surface area contributed by atoms with Gasteiger partial charge in [-0.15, -0.1) is 0 Å². The molecule has 2 heterocycles. The quantitative estimate of drug-likeness (QED) is 0.828. The van der Waals surface area contributed by atoms with Crippen LogP contribution in [0.5, 0.6) is 0 Å². The summed E-state index contributed by atoms with van der Waals surface area (Å²) in [7, 11) is 0. The largest absolute Gasteiger partial charge is 0.338 e. The Morgan fingerprint density at radius 1 is 1.50 bits per heavy atom. The molecular formula is C11H20N4O. The van der Waals surface area contributed by atoms with Crippen LogP contribution in [0.3, 0.4) is 0 Å². The number of hydrogen-bond donors (Lipinski definition) is 1. The highest BCUT2D eigenvalue weighted by molar-refractivity contribution is 4.87. The monoisotopic (exact) mass is 224 g/mol. The highest BCUT2D eigenvalue weighted by atomic mass is 16.5. The highest BCUT2D eigenvalue weighted by Crippen LogP contribution is 2.14. The maximum absolute atomic E-state index is 5.07. The van der Waals surface area contributed by atoms with Crippen molar-refractivity contribution in [2.45, 2.75) is 45.3 Å². The van der Waals surface area contributed by atoms with Crippen molar-refractivity contribution in [3.05, 3.63) is 12.2 Å². The minimum Gasteiger partial charge on any atom is -0.338 e. The van der Waals surface area contributed by atoms with Gasteiger partial charge in [-0.25, -0.2) is 0 Å². The van der Waals surface area contributed by atoms with Crippen LogP contribution in [-0.4, -0.2) is 40.2 Å². The second-order valence-corrected chi connectivity index (χ2v) is 4.34. The van der Waals surface area contributed by atoms with E-state index in [2.05, 4.69) is 34.2 Å². The van der Waals surface area contributed by atoms with E-state index in [-0.39, 0.29) is 0 Å². The zero-order chi connectivity index (χ0) is 11.4. The van der Waals surface area contributed by atoms with Crippen molar-refractivity contribution in [1.82, 2.24) is 20.4 Å². The molecule has 2 unspecified atom stereocenters. The first kappa shape index (κ1) is 11.5. The van der Waals surface area contributed by atoms with E-state index in [9.17, 15) is 0 Å². The van der Waals surface area contributed by atoms with Gasteiger partial charge < -0.3 is 9.84 Å². The summed E-state index contributed by atoms with van der Waals surface area (Å²) >= 11 is 0. The van der Waals surface area contributed by atoms with Crippen molar-refractivity contribution >= 4 is 0 Å². The second kappa shape index (κ2) is 5.41. The minimum absolute atomic E-state index is 0.578. The van der Waals surface area contributed by atoms with E-state index in [0.29, 0.717) is 12.1 Å². The van der Waals surface area contributed by atoms with Crippen LogP contribution in [0.1, 0.15) is 32.6 Å². The summed E-state index contributed by atoms with van der Waals surface area (Å²) < 4.78 is 5.07. The van der Waals surface area contributed by atoms with Gasteiger partial charge in [0.2, 0.25) is 5.89 Å². The molecule has 1 aliphatic rings. The Morgan fingerprint density at radius 2 is 2.38 bits per heavy atom. The Balaban J connectivity index is 1.97. The molecule has 0 radical (unpaired) electrons. The van der Waals surface area contributed by atoms with Crippen LogP contribution >= 0.6 is 0 Å². The van der Waals surface area contributed by atoms with Gasteiger partial charge in [0.15, 0.2) is 6.33 Å². The molecule has 5 nitrogen and oxygen atoms in total. The van der Waals surface area contributed by atoms with Crippen LogP contribution in [-0.2, 0) is 6.54 Å². The van der Waals surface area contributed by atoms with Gasteiger partial charge in [-0.3, -0.25) is 4.90 Å². The van der Waals surface area contributed by atoms with Gasteiger partial charge in [0.25, 0.3) is 0 Å². The fourth-order valence-electron chi connectivity index (χ4n) is 2.24. The summed E-state index contributed by atoms with van der Waals surface area (Å²) in [5, 5.41) is 7.22. The molecule has 1 aromatic rings. The Morgan fingerprint density at radius 3 is 3.00 bits per heavy atom. The lowest BCUT2D eigenvalue weighted by Gasteiger charge is -2.39. The molecule has 1 aromatic heterocycles. The normalized spacial score (nSPS) is 27.1. The highest BCUT2D eigenvalue weighted by Gasteiger charge is 2.26. The number of hydrogen-bond acceptors (Lipinski definition) is 5. The summed E-state index contributed by atoms with van der Waals surface area (Å²) in [6.45, 7) is 7.34. The molecule has 1 fully saturated rings. The number of piperazine rings is 1. The van der Waals surface area contributed by atoms with E-state index >= 15 is 0 Å². The summed E-state index contributed by atoms with van der Waals surface area (Å²) in [4.78, 5) is 6.53. The first-order valence-electron chi connectivity index (χ1n) is 6.06. The Kier molecular flexibility index (Phi) is 3.90. The van der Waals surface area contributed by atoms with E-state index in [4.69, 9.17) is 4.52 Å². The average molecular weight is 224 g/mol. The van der Waals surface area contributed by atoms with Crippen LogP contribution in [0.2, 0.25) is 0 Å². The van der Waals surface area contributed by atoms with Crippen LogP contribution in [0.25, 0.3) is 0 Å². The standard InChI is InChI=1S/C11H20N4O/c1-3-9-6-15(10(4-2)5-12-9)7-11-13-8-14-16-11/h8-10,12H,3-7H2,1-2H3. The Hall–Kier alpha value is -0.940. The zero-order valence-electron chi connectivity index (χ0n) is 10.0. The van der Waals surface area contributed by atoms with E-state index in [1.165, 1.54) is 6.33 Å². The predicted octanol–water partition coefficient (Wildman–Crippen LogP) is 1.03. The van der Waals surface area contributed by atoms with E-state index in [1.54, 1.807) is 0 Å². The Bertz CT molecular complexity index is 301. The van der Waals surface area contributed by atoms with E-state index in [1.807, 2.05) is 0 Å². The molecule has 0 aromatic carbocycles. The number of aromatic nitrogens is 2. The van der Waals surface area contributed by atoms with Gasteiger partial charge in [0, 0.05) is 25.2 Å². The fourth-order valence-corrected chi connectivity index (χ4v) is 2.24. The third-order valence-corrected chi connectivity index (χ3v) is 3.32. The predicted molar refractivity (Wildman–Crippen MR) is 60.9 cm³/mol. The van der Waals surface area contributed by atoms with Crippen molar-refractivity contribution in [2.75, 3.05) is 13.1 Å². The molecule has 0 bridgehead atoms. The van der Waals surface area contributed by atoms with Gasteiger partial charge in [-0.05, 0) is 12.8 Å². The number of rotatable bonds is 4. The SMILES string of the molecule is CCC1CN(Cc2ncno2)C(CC)CN1. The van der Waals surface area contributed by atoms with Crippen LogP contribution in [0, 0.1) is 0 Å². The van der Waals surface area contributed by atoms with Crippen molar-refractivity contribution in [1.29, 1.82) is 0 Å². The van der Waals surface area contributed by atoms with Crippen molar-refractivity contribution in [3.8, 4) is 0 Å². The van der Waals surface area contributed by atoms with Crippen LogP contribution in [0.15, 0.2) is 10.9 Å². The molecule has 2 atom stereocenters. The fraction of sp³-hybridized carbons (Fsp3) is 0.818. The summed E-state index contributed by atoms with van der Waals surface area (Å²) in [5.74, 6) is 0.718. The molecule has 0 amide bonds. The van der Waals surface area contributed by atoms with Crippen LogP contribution in [0.4, 0.5) is 0 Å². The third-order valence-electron chi connectivity index (χ3n) is 3.32. The van der Waals surface area contributed by atoms with Gasteiger partial charge in [0.1, 0.15) is 0 Å². The topological polar surface area (TPSA) is 54.2 Å². The van der Waals surface area contributed by atoms with Gasteiger partial charge in [0.05, 0.1) is 6.54 Å². The molecule has 16 heavy (non-hydrogen) atoms. The first-order valence-corrected chi connectivity index (χ1v) is 6.06. The van der Waals surface area contributed by atoms with Crippen molar-refractivity contribution < 1.29 is 4.52 Å². The number of nitrogens with zero attached hydrogens (tertiary/aromatic N) is 3. The number of nitrogens with one attached hydrogen (secondary N) is 1. The molecule has 1 saturated heterocycles. The maximum atomic E-state index is 5.07. The zero-order valence-corrected chi connectivity index (χ0v) is 10.0. The average Bonchev–Trinajstić information content (AvgIpc) is 2.82. The lowest BCUT2D eigenvalue weighted by atomic mass is 10.1. The molecule has 2 rings (SSSR count). The Labute approximate surface area is 96.2 Å². The summed E-state index contributed by atoms with van der Waals surface area (Å²) in [6, 6.07) is 1.17. The molecule has 0 saturated carbocycles. The van der Waals surface area contributed by atoms with E-state index in [0.717, 1.165) is 38.4 Å².